The van der Waals surface area contributed by atoms with Crippen molar-refractivity contribution in [2.45, 2.75) is 6.61 Å². The predicted molar refractivity (Wildman–Crippen MR) is 69.9 cm³/mol. The van der Waals surface area contributed by atoms with Crippen LogP contribution >= 0.6 is 0 Å². The van der Waals surface area contributed by atoms with Crippen LogP contribution in [0.1, 0.15) is 15.9 Å². The molecule has 0 aliphatic rings. The number of carbonyl (C=O) groups is 1. The van der Waals surface area contributed by atoms with Gasteiger partial charge in [0.15, 0.2) is 0 Å². The third-order valence-corrected chi connectivity index (χ3v) is 2.49. The quantitative estimate of drug-likeness (QED) is 0.718. The van der Waals surface area contributed by atoms with Gasteiger partial charge >= 0.3 is 0 Å². The van der Waals surface area contributed by atoms with Gasteiger partial charge in [0, 0.05) is 5.56 Å². The molecule has 0 fully saturated rings. The first-order valence-electron chi connectivity index (χ1n) is 5.61. The third kappa shape index (κ3) is 3.09. The smallest absolute Gasteiger partial charge is 0.269 e. The molecule has 4 nitrogen and oxygen atoms in total. The Morgan fingerprint density at radius 3 is 2.28 bits per heavy atom. The number of anilines is 1. The molecule has 0 saturated heterocycles. The molecular formula is C14H14N2O2. The molecule has 0 radical (unpaired) electrons. The van der Waals surface area contributed by atoms with Crippen molar-refractivity contribution in [3.8, 4) is 0 Å². The second-order valence-corrected chi connectivity index (χ2v) is 3.80. The normalized spacial score (nSPS) is 9.83. The van der Waals surface area contributed by atoms with Gasteiger partial charge < -0.3 is 5.11 Å². The van der Waals surface area contributed by atoms with Crippen LogP contribution in [0.4, 0.5) is 5.69 Å². The minimum atomic E-state index is -0.219. The number of carbonyl (C=O) groups excluding carboxylic acids is 1. The van der Waals surface area contributed by atoms with E-state index >= 15 is 0 Å². The molecule has 1 amide bonds. The fraction of sp³-hybridized carbons (Fsp3) is 0.0714. The first-order chi connectivity index (χ1) is 8.79. The molecule has 0 unspecified atom stereocenters. The molecule has 0 atom stereocenters. The lowest BCUT2D eigenvalue weighted by atomic mass is 10.1. The van der Waals surface area contributed by atoms with E-state index in [4.69, 9.17) is 5.11 Å². The molecule has 18 heavy (non-hydrogen) atoms. The monoisotopic (exact) mass is 242 g/mol. The number of amides is 1. The Hall–Kier alpha value is -2.33. The zero-order valence-electron chi connectivity index (χ0n) is 9.76. The average molecular weight is 242 g/mol. The number of aliphatic hydroxyl groups is 1. The molecule has 0 bridgehead atoms. The zero-order chi connectivity index (χ0) is 12.8. The van der Waals surface area contributed by atoms with Crippen LogP contribution in [0.15, 0.2) is 54.6 Å². The van der Waals surface area contributed by atoms with E-state index < -0.39 is 0 Å². The molecule has 0 aliphatic carbocycles. The molecule has 3 N–H and O–H groups in total. The van der Waals surface area contributed by atoms with Gasteiger partial charge in [-0.15, -0.1) is 0 Å². The Morgan fingerprint density at radius 2 is 1.67 bits per heavy atom. The number of aliphatic hydroxyl groups excluding tert-OH is 1. The van der Waals surface area contributed by atoms with Crippen LogP contribution < -0.4 is 10.9 Å². The van der Waals surface area contributed by atoms with Gasteiger partial charge in [-0.1, -0.05) is 30.3 Å². The van der Waals surface area contributed by atoms with E-state index in [2.05, 4.69) is 10.9 Å². The van der Waals surface area contributed by atoms with Gasteiger partial charge in [-0.05, 0) is 29.8 Å². The first kappa shape index (κ1) is 12.1. The minimum Gasteiger partial charge on any atom is -0.392 e. The number of hydrazine groups is 1. The summed E-state index contributed by atoms with van der Waals surface area (Å²) in [6, 6.07) is 16.2. The fourth-order valence-corrected chi connectivity index (χ4v) is 1.48. The Balaban J connectivity index is 1.95. The van der Waals surface area contributed by atoms with Crippen LogP contribution in [0, 0.1) is 0 Å². The van der Waals surface area contributed by atoms with E-state index in [0.717, 1.165) is 11.3 Å². The van der Waals surface area contributed by atoms with Crippen molar-refractivity contribution in [2.75, 3.05) is 5.43 Å². The van der Waals surface area contributed by atoms with Crippen molar-refractivity contribution >= 4 is 11.6 Å². The lowest BCUT2D eigenvalue weighted by Gasteiger charge is -2.08. The standard InChI is InChI=1S/C14H14N2O2/c17-10-11-6-8-12(9-7-11)14(18)16-15-13-4-2-1-3-5-13/h1-9,15,17H,10H2,(H,16,18). The number of rotatable bonds is 4. The van der Waals surface area contributed by atoms with Gasteiger partial charge in [-0.25, -0.2) is 0 Å². The lowest BCUT2D eigenvalue weighted by molar-refractivity contribution is 0.0962. The summed E-state index contributed by atoms with van der Waals surface area (Å²) in [4.78, 5) is 11.8. The molecule has 0 saturated carbocycles. The van der Waals surface area contributed by atoms with E-state index in [1.54, 1.807) is 24.3 Å². The summed E-state index contributed by atoms with van der Waals surface area (Å²) in [6.45, 7) is -0.0236. The van der Waals surface area contributed by atoms with E-state index in [1.807, 2.05) is 30.3 Å². The Labute approximate surface area is 105 Å². The Morgan fingerprint density at radius 1 is 1.00 bits per heavy atom. The molecule has 0 aliphatic heterocycles. The highest BCUT2D eigenvalue weighted by atomic mass is 16.3. The molecule has 4 heteroatoms. The number of benzene rings is 2. The van der Waals surface area contributed by atoms with Gasteiger partial charge in [-0.2, -0.15) is 0 Å². The Kier molecular flexibility index (Phi) is 3.94. The highest BCUT2D eigenvalue weighted by Crippen LogP contribution is 2.06. The fourth-order valence-electron chi connectivity index (χ4n) is 1.48. The van der Waals surface area contributed by atoms with Crippen molar-refractivity contribution < 1.29 is 9.90 Å². The molecule has 0 heterocycles. The summed E-state index contributed by atoms with van der Waals surface area (Å²) in [5.74, 6) is -0.219. The van der Waals surface area contributed by atoms with Gasteiger partial charge in [0.05, 0.1) is 12.3 Å². The van der Waals surface area contributed by atoms with Gasteiger partial charge in [0.2, 0.25) is 0 Å². The van der Waals surface area contributed by atoms with E-state index in [0.29, 0.717) is 5.56 Å². The van der Waals surface area contributed by atoms with Gasteiger partial charge in [0.25, 0.3) is 5.91 Å². The number of para-hydroxylation sites is 1. The SMILES string of the molecule is O=C(NNc1ccccc1)c1ccc(CO)cc1. The molecule has 92 valence electrons. The molecule has 0 spiro atoms. The summed E-state index contributed by atoms with van der Waals surface area (Å²) in [5.41, 5.74) is 7.56. The number of nitrogens with one attached hydrogen (secondary N) is 2. The van der Waals surface area contributed by atoms with Crippen LogP contribution in [0.25, 0.3) is 0 Å². The number of hydrogen-bond acceptors (Lipinski definition) is 3. The highest BCUT2D eigenvalue weighted by molar-refractivity contribution is 5.94. The summed E-state index contributed by atoms with van der Waals surface area (Å²) >= 11 is 0. The van der Waals surface area contributed by atoms with Crippen LogP contribution in [0.3, 0.4) is 0 Å². The topological polar surface area (TPSA) is 61.4 Å². The molecule has 0 aromatic heterocycles. The Bertz CT molecular complexity index is 509. The minimum absolute atomic E-state index is 0.0236. The van der Waals surface area contributed by atoms with E-state index in [-0.39, 0.29) is 12.5 Å². The van der Waals surface area contributed by atoms with Crippen molar-refractivity contribution in [3.05, 3.63) is 65.7 Å². The maximum absolute atomic E-state index is 11.8. The van der Waals surface area contributed by atoms with Crippen molar-refractivity contribution in [3.63, 3.8) is 0 Å². The van der Waals surface area contributed by atoms with E-state index in [1.165, 1.54) is 0 Å². The molecule has 2 aromatic carbocycles. The number of hydrogen-bond donors (Lipinski definition) is 3. The zero-order valence-corrected chi connectivity index (χ0v) is 9.76. The van der Waals surface area contributed by atoms with Crippen molar-refractivity contribution in [2.24, 2.45) is 0 Å². The lowest BCUT2D eigenvalue weighted by Crippen LogP contribution is -2.29. The molecular weight excluding hydrogens is 228 g/mol. The summed E-state index contributed by atoms with van der Waals surface area (Å²) in [7, 11) is 0. The summed E-state index contributed by atoms with van der Waals surface area (Å²) in [6.07, 6.45) is 0. The summed E-state index contributed by atoms with van der Waals surface area (Å²) < 4.78 is 0. The highest BCUT2D eigenvalue weighted by Gasteiger charge is 2.04. The molecule has 2 rings (SSSR count). The third-order valence-electron chi connectivity index (χ3n) is 2.49. The largest absolute Gasteiger partial charge is 0.392 e. The van der Waals surface area contributed by atoms with Gasteiger partial charge in [-0.3, -0.25) is 15.6 Å². The van der Waals surface area contributed by atoms with Gasteiger partial charge in [0.1, 0.15) is 0 Å². The van der Waals surface area contributed by atoms with Crippen molar-refractivity contribution in [1.29, 1.82) is 0 Å². The van der Waals surface area contributed by atoms with Crippen molar-refractivity contribution in [1.82, 2.24) is 5.43 Å². The predicted octanol–water partition coefficient (Wildman–Crippen LogP) is 1.94. The van der Waals surface area contributed by atoms with Crippen LogP contribution in [0.2, 0.25) is 0 Å². The van der Waals surface area contributed by atoms with Crippen LogP contribution in [-0.4, -0.2) is 11.0 Å². The second-order valence-electron chi connectivity index (χ2n) is 3.80. The van der Waals surface area contributed by atoms with Crippen LogP contribution in [-0.2, 0) is 6.61 Å². The maximum atomic E-state index is 11.8. The summed E-state index contributed by atoms with van der Waals surface area (Å²) in [5, 5.41) is 8.91. The van der Waals surface area contributed by atoms with E-state index in [9.17, 15) is 4.79 Å². The average Bonchev–Trinajstić information content (AvgIpc) is 2.46. The first-order valence-corrected chi connectivity index (χ1v) is 5.61. The second kappa shape index (κ2) is 5.84. The van der Waals surface area contributed by atoms with Crippen LogP contribution in [0.5, 0.6) is 0 Å². The maximum Gasteiger partial charge on any atom is 0.269 e. The molecule has 2 aromatic rings.